The van der Waals surface area contributed by atoms with E-state index < -0.39 is 0 Å². The Bertz CT molecular complexity index is 1120. The first-order valence-electron chi connectivity index (χ1n) is 10.9. The molecule has 3 aromatic rings. The number of aromatic nitrogens is 3. The fourth-order valence-electron chi connectivity index (χ4n) is 4.27. The van der Waals surface area contributed by atoms with Gasteiger partial charge in [-0.2, -0.15) is 0 Å². The molecule has 32 heavy (non-hydrogen) atoms. The second-order valence-corrected chi connectivity index (χ2v) is 8.39. The third kappa shape index (κ3) is 4.47. The Labute approximate surface area is 188 Å². The summed E-state index contributed by atoms with van der Waals surface area (Å²) in [4.78, 5) is 30.6. The van der Waals surface area contributed by atoms with E-state index in [9.17, 15) is 9.18 Å². The van der Waals surface area contributed by atoms with Gasteiger partial charge < -0.3 is 9.80 Å². The normalized spacial score (nSPS) is 15.8. The zero-order valence-corrected chi connectivity index (χ0v) is 18.8. The molecule has 1 aliphatic rings. The van der Waals surface area contributed by atoms with Gasteiger partial charge in [-0.05, 0) is 55.0 Å². The Balaban J connectivity index is 1.65. The molecular formula is C25H28FN5O. The smallest absolute Gasteiger partial charge is 0.225 e. The first kappa shape index (κ1) is 21.9. The molecule has 1 aromatic carbocycles. The second-order valence-electron chi connectivity index (χ2n) is 8.39. The van der Waals surface area contributed by atoms with Gasteiger partial charge in [0.05, 0.1) is 11.7 Å². The molecule has 7 heteroatoms. The summed E-state index contributed by atoms with van der Waals surface area (Å²) in [6.07, 6.45) is 7.84. The number of amides is 1. The fraction of sp³-hybridized carbons (Fsp3) is 0.360. The monoisotopic (exact) mass is 433 g/mol. The van der Waals surface area contributed by atoms with Crippen LogP contribution in [0, 0.1) is 12.7 Å². The quantitative estimate of drug-likeness (QED) is 0.578. The Kier molecular flexibility index (Phi) is 6.44. The molecule has 4 rings (SSSR count). The van der Waals surface area contributed by atoms with E-state index in [1.165, 1.54) is 6.07 Å². The average molecular weight is 434 g/mol. The van der Waals surface area contributed by atoms with Crippen LogP contribution in [0.5, 0.6) is 0 Å². The number of carbonyl (C=O) groups is 1. The summed E-state index contributed by atoms with van der Waals surface area (Å²) in [5, 5.41) is 0. The topological polar surface area (TPSA) is 62.2 Å². The lowest BCUT2D eigenvalue weighted by Gasteiger charge is -2.27. The van der Waals surface area contributed by atoms with Gasteiger partial charge in [-0.15, -0.1) is 0 Å². The summed E-state index contributed by atoms with van der Waals surface area (Å²) in [6, 6.07) is 8.47. The molecule has 1 amide bonds. The van der Waals surface area contributed by atoms with Crippen LogP contribution in [0.15, 0.2) is 48.9 Å². The zero-order valence-electron chi connectivity index (χ0n) is 18.8. The third-order valence-corrected chi connectivity index (χ3v) is 5.97. The minimum Gasteiger partial charge on any atom is -0.347 e. The van der Waals surface area contributed by atoms with Crippen molar-refractivity contribution in [2.24, 2.45) is 0 Å². The zero-order chi connectivity index (χ0) is 22.7. The van der Waals surface area contributed by atoms with Gasteiger partial charge in [-0.3, -0.25) is 9.78 Å². The van der Waals surface area contributed by atoms with Gasteiger partial charge in [0, 0.05) is 51.2 Å². The molecule has 0 N–H and O–H groups in total. The summed E-state index contributed by atoms with van der Waals surface area (Å²) in [5.41, 5.74) is 4.40. The maximum atomic E-state index is 14.0. The first-order valence-corrected chi connectivity index (χ1v) is 10.9. The van der Waals surface area contributed by atoms with Crippen LogP contribution in [0.25, 0.3) is 11.1 Å². The van der Waals surface area contributed by atoms with E-state index in [0.29, 0.717) is 24.5 Å². The minimum atomic E-state index is -0.264. The molecule has 0 aliphatic carbocycles. The Morgan fingerprint density at radius 3 is 2.75 bits per heavy atom. The van der Waals surface area contributed by atoms with Crippen molar-refractivity contribution in [1.82, 2.24) is 19.9 Å². The third-order valence-electron chi connectivity index (χ3n) is 5.97. The van der Waals surface area contributed by atoms with Crippen LogP contribution in [0.1, 0.15) is 42.1 Å². The van der Waals surface area contributed by atoms with Crippen molar-refractivity contribution in [1.29, 1.82) is 0 Å². The van der Waals surface area contributed by atoms with Gasteiger partial charge in [-0.1, -0.05) is 18.2 Å². The lowest BCUT2D eigenvalue weighted by atomic mass is 9.97. The summed E-state index contributed by atoms with van der Waals surface area (Å²) in [5.74, 6) is 0.374. The van der Waals surface area contributed by atoms with Gasteiger partial charge in [0.1, 0.15) is 5.82 Å². The number of halogens is 1. The maximum absolute atomic E-state index is 14.0. The summed E-state index contributed by atoms with van der Waals surface area (Å²) in [7, 11) is 3.81. The van der Waals surface area contributed by atoms with Crippen molar-refractivity contribution >= 4 is 11.9 Å². The van der Waals surface area contributed by atoms with Crippen molar-refractivity contribution in [3.8, 4) is 11.1 Å². The van der Waals surface area contributed by atoms with Crippen LogP contribution in [-0.2, 0) is 11.2 Å². The minimum absolute atomic E-state index is 0.0261. The van der Waals surface area contributed by atoms with E-state index in [1.54, 1.807) is 24.4 Å². The number of carbonyl (C=O) groups excluding carboxylic acids is 1. The van der Waals surface area contributed by atoms with Crippen molar-refractivity contribution < 1.29 is 9.18 Å². The molecule has 6 nitrogen and oxygen atoms in total. The number of anilines is 1. The Hall–Kier alpha value is -3.35. The molecule has 3 heterocycles. The number of rotatable bonds is 6. The number of hydrogen-bond donors (Lipinski definition) is 0. The highest BCUT2D eigenvalue weighted by molar-refractivity contribution is 5.78. The molecular weight excluding hydrogens is 405 g/mol. The lowest BCUT2D eigenvalue weighted by Crippen LogP contribution is -2.32. The van der Waals surface area contributed by atoms with Crippen LogP contribution in [0.4, 0.5) is 10.3 Å². The molecule has 1 fully saturated rings. The second kappa shape index (κ2) is 9.42. The van der Waals surface area contributed by atoms with E-state index in [-0.39, 0.29) is 24.2 Å². The van der Waals surface area contributed by atoms with Gasteiger partial charge in [0.25, 0.3) is 0 Å². The highest BCUT2D eigenvalue weighted by Gasteiger charge is 2.33. The molecule has 0 radical (unpaired) electrons. The van der Waals surface area contributed by atoms with E-state index >= 15 is 0 Å². The molecule has 0 saturated carbocycles. The molecule has 2 aromatic heterocycles. The average Bonchev–Trinajstić information content (AvgIpc) is 3.28. The van der Waals surface area contributed by atoms with Crippen LogP contribution >= 0.6 is 0 Å². The highest BCUT2D eigenvalue weighted by atomic mass is 19.1. The molecule has 1 atom stereocenters. The predicted molar refractivity (Wildman–Crippen MR) is 123 cm³/mol. The van der Waals surface area contributed by atoms with Crippen LogP contribution in [-0.4, -0.2) is 46.4 Å². The molecule has 1 aliphatic heterocycles. The number of likely N-dealkylation sites (tertiary alicyclic amines) is 1. The largest absolute Gasteiger partial charge is 0.347 e. The lowest BCUT2D eigenvalue weighted by molar-refractivity contribution is -0.132. The highest BCUT2D eigenvalue weighted by Crippen LogP contribution is 2.38. The van der Waals surface area contributed by atoms with E-state index in [1.807, 2.05) is 49.3 Å². The van der Waals surface area contributed by atoms with Crippen molar-refractivity contribution in [2.45, 2.75) is 38.6 Å². The number of nitrogens with zero attached hydrogens (tertiary/aromatic N) is 5. The van der Waals surface area contributed by atoms with Gasteiger partial charge >= 0.3 is 0 Å². The van der Waals surface area contributed by atoms with Crippen molar-refractivity contribution in [2.75, 3.05) is 25.5 Å². The number of benzene rings is 1. The van der Waals surface area contributed by atoms with Gasteiger partial charge in [0.2, 0.25) is 11.9 Å². The van der Waals surface area contributed by atoms with Gasteiger partial charge in [0.15, 0.2) is 0 Å². The summed E-state index contributed by atoms with van der Waals surface area (Å²) >= 11 is 0. The standard InChI is InChI=1S/C25H28FN5O/c1-17-15-27-13-12-19(17)20-16-28-25(30(2)3)29-24(20)22-9-6-14-31(22)23(32)11-10-18-7-4-5-8-21(18)26/h4-5,7-8,12-13,15-16,22H,6,9-11,14H2,1-3H3/t22-/m0/s1. The SMILES string of the molecule is Cc1cnccc1-c1cnc(N(C)C)nc1[C@@H]1CCCN1C(=O)CCc1ccccc1F. The molecule has 166 valence electrons. The predicted octanol–water partition coefficient (Wildman–Crippen LogP) is 4.35. The van der Waals surface area contributed by atoms with Gasteiger partial charge in [-0.25, -0.2) is 14.4 Å². The molecule has 1 saturated heterocycles. The van der Waals surface area contributed by atoms with E-state index in [4.69, 9.17) is 4.98 Å². The molecule has 0 bridgehead atoms. The van der Waals surface area contributed by atoms with Crippen LogP contribution < -0.4 is 4.90 Å². The first-order chi connectivity index (χ1) is 15.5. The molecule has 0 spiro atoms. The Morgan fingerprint density at radius 1 is 1.19 bits per heavy atom. The number of hydrogen-bond acceptors (Lipinski definition) is 5. The summed E-state index contributed by atoms with van der Waals surface area (Å²) in [6.45, 7) is 2.69. The van der Waals surface area contributed by atoms with E-state index in [2.05, 4.69) is 9.97 Å². The van der Waals surface area contributed by atoms with E-state index in [0.717, 1.165) is 35.2 Å². The number of aryl methyl sites for hydroxylation is 2. The van der Waals surface area contributed by atoms with Crippen molar-refractivity contribution in [3.05, 3.63) is 71.6 Å². The Morgan fingerprint density at radius 2 is 2.00 bits per heavy atom. The summed E-state index contributed by atoms with van der Waals surface area (Å²) < 4.78 is 14.0. The number of pyridine rings is 1. The molecule has 0 unspecified atom stereocenters. The van der Waals surface area contributed by atoms with Crippen molar-refractivity contribution in [3.63, 3.8) is 0 Å². The maximum Gasteiger partial charge on any atom is 0.225 e. The van der Waals surface area contributed by atoms with Crippen LogP contribution in [0.3, 0.4) is 0 Å². The van der Waals surface area contributed by atoms with Crippen LogP contribution in [0.2, 0.25) is 0 Å². The fourth-order valence-corrected chi connectivity index (χ4v) is 4.27.